The molecule has 481 valence electrons. The van der Waals surface area contributed by atoms with E-state index in [2.05, 4.69) is 74.1 Å². The average Bonchev–Trinajstić information content (AvgIpc) is 1.62. The van der Waals surface area contributed by atoms with Crippen molar-refractivity contribution in [1.82, 2.24) is 25.3 Å². The number of hydrogen-bond acceptors (Lipinski definition) is 17. The summed E-state index contributed by atoms with van der Waals surface area (Å²) in [5.74, 6) is -3.00. The van der Waals surface area contributed by atoms with Crippen LogP contribution in [-0.4, -0.2) is 117 Å². The van der Waals surface area contributed by atoms with Crippen LogP contribution in [0.25, 0.3) is 11.2 Å². The van der Waals surface area contributed by atoms with E-state index in [0.29, 0.717) is 73.5 Å². The Balaban J connectivity index is 0.00000658. The minimum Gasteiger partial charge on any atom is -0.748 e. The largest absolute Gasteiger partial charge is 0.748 e. The predicted octanol–water partition coefficient (Wildman–Crippen LogP) is 8.49. The van der Waals surface area contributed by atoms with E-state index in [4.69, 9.17) is 10.5 Å². The summed E-state index contributed by atoms with van der Waals surface area (Å²) in [7, 11) is -13.0. The van der Waals surface area contributed by atoms with Gasteiger partial charge in [0.2, 0.25) is 11.6 Å². The minimum atomic E-state index is -4.47. The van der Waals surface area contributed by atoms with Crippen LogP contribution in [0.15, 0.2) is 155 Å². The number of nitrogens with zero attached hydrogens (tertiary/aromatic N) is 5. The third-order valence-electron chi connectivity index (χ3n) is 15.8. The van der Waals surface area contributed by atoms with Gasteiger partial charge in [-0.1, -0.05) is 62.4 Å². The summed E-state index contributed by atoms with van der Waals surface area (Å²) in [6.07, 6.45) is 18.5. The van der Waals surface area contributed by atoms with Gasteiger partial charge in [-0.25, -0.2) is 23.2 Å². The quantitative estimate of drug-likeness (QED) is 0.00647. The number of nitrogens with one attached hydrogen (secondary N) is 3. The van der Waals surface area contributed by atoms with Crippen LogP contribution >= 0.6 is 0 Å². The number of allylic oxidation sites excluding steroid dienone is 10. The first-order valence-electron chi connectivity index (χ1n) is 28.8. The Morgan fingerprint density at radius 1 is 0.956 bits per heavy atom. The van der Waals surface area contributed by atoms with E-state index in [1.807, 2.05) is 49.6 Å². The molecule has 1 aliphatic carbocycles. The molecular formula is C63H73N9O14S3WY. The van der Waals surface area contributed by atoms with Crippen LogP contribution in [0.4, 0.5) is 23.0 Å². The molecule has 0 bridgehead atoms. The molecule has 3 aliphatic rings. The number of ether oxygens (including phenoxy) is 1. The number of carboxylic acids is 1. The van der Waals surface area contributed by atoms with Gasteiger partial charge < -0.3 is 35.7 Å². The zero-order valence-corrected chi connectivity index (χ0v) is 59.2. The van der Waals surface area contributed by atoms with E-state index in [9.17, 15) is 58.4 Å². The number of anilines is 3. The summed E-state index contributed by atoms with van der Waals surface area (Å²) < 4.78 is 110. The van der Waals surface area contributed by atoms with Crippen LogP contribution in [0.5, 0.6) is 0 Å². The van der Waals surface area contributed by atoms with E-state index in [0.717, 1.165) is 50.6 Å². The number of carbonyl (C=O) groups is 2. The van der Waals surface area contributed by atoms with E-state index in [-0.39, 0.29) is 108 Å². The van der Waals surface area contributed by atoms with Crippen LogP contribution < -0.4 is 26.8 Å². The van der Waals surface area contributed by atoms with Crippen molar-refractivity contribution in [2.45, 2.75) is 115 Å². The molecule has 8 N–H and O–H groups in total. The first kappa shape index (κ1) is 73.4. The molecule has 0 saturated heterocycles. The molecule has 3 aromatic carbocycles. The van der Waals surface area contributed by atoms with Gasteiger partial charge in [0.05, 0.1) is 46.0 Å². The number of unbranched alkanes of at least 4 members (excludes halogenated alkanes) is 2. The first-order valence-corrected chi connectivity index (χ1v) is 33.6. The third kappa shape index (κ3) is 19.3. The summed E-state index contributed by atoms with van der Waals surface area (Å²) in [6.45, 7) is 15.1. The number of carbonyl (C=O) groups excluding carboxylic acids is 1. The third-order valence-corrected chi connectivity index (χ3v) is 18.1. The van der Waals surface area contributed by atoms with Crippen molar-refractivity contribution in [1.29, 1.82) is 0 Å². The fourth-order valence-electron chi connectivity index (χ4n) is 11.3. The summed E-state index contributed by atoms with van der Waals surface area (Å²) in [5.41, 5.74) is 14.0. The van der Waals surface area contributed by atoms with Crippen LogP contribution in [-0.2, 0) is 117 Å². The molecule has 23 nitrogen and oxygen atoms in total. The van der Waals surface area contributed by atoms with Crippen molar-refractivity contribution >= 4 is 82.1 Å². The molecule has 5 aromatic rings. The number of aromatic nitrogens is 4. The zero-order valence-electron chi connectivity index (χ0n) is 51.0. The van der Waals surface area contributed by atoms with Crippen molar-refractivity contribution in [3.8, 4) is 0 Å². The number of aromatic amines is 1. The van der Waals surface area contributed by atoms with Gasteiger partial charge in [0.1, 0.15) is 24.1 Å². The molecule has 4 heterocycles. The number of aryl methyl sites for hydroxylation is 1. The molecule has 28 heteroatoms. The smallest absolute Gasteiger partial charge is 0.326 e. The number of fused-ring (bicyclic) bond motifs is 3. The van der Waals surface area contributed by atoms with Gasteiger partial charge in [-0.2, -0.15) is 26.4 Å². The Morgan fingerprint density at radius 2 is 1.68 bits per heavy atom. The molecule has 91 heavy (non-hydrogen) atoms. The van der Waals surface area contributed by atoms with Crippen LogP contribution in [0, 0.1) is 6.92 Å². The maximum atomic E-state index is 13.5. The van der Waals surface area contributed by atoms with Crippen molar-refractivity contribution in [3.05, 3.63) is 194 Å². The second-order valence-corrected chi connectivity index (χ2v) is 27.7. The molecule has 8 rings (SSSR count). The van der Waals surface area contributed by atoms with Crippen LogP contribution in [0.2, 0.25) is 0 Å². The standard InChI is InChI=1S/C63H73N9O14S3.W.Y/c1-7-41(36-50(60(75)76)68-58(73)45-19-23-46(24-20-45)65-37-47-38-66-57-55(67-47)59(74)70-61(64)69-57)14-13-31-86-56-43(21-27-53-62(3,4)48-34-40(2)17-25-51(48)71(53)29-8-10-32-87(77,78)79)15-12-16-44(56)22-28-54-63(5,6)49-35-42(39-89(83,84)85)18-26-52(49)72(54)30-9-11-33-88(80,81)82;;/h7,13-14,17-28,31,34-35,38,50H,1,8-12,15-16,29-30,32-33,36-37,39H2,2-6H3,(H8-,64,65,66,68,69,70,73,74,75,76,77,78,79,80,81,82,83,84,85);;/b31-13+,41-14+;;/t50-;;/m0../s1/i7+2,13+2,14+2,31+2,36+2,41+1,50+2,60+2;;. The van der Waals surface area contributed by atoms with E-state index >= 15 is 0 Å². The molecule has 1 amide bonds. The topological polar surface area (TPSA) is 357 Å². The van der Waals surface area contributed by atoms with Gasteiger partial charge >= 0.3 is 5.97 Å². The average molecular weight is 1560 g/mol. The number of carboxylic acid groups (broad SMARTS) is 1. The van der Waals surface area contributed by atoms with Gasteiger partial charge in [0.25, 0.3) is 31.7 Å². The molecule has 0 fully saturated rings. The van der Waals surface area contributed by atoms with Crippen LogP contribution in [0.1, 0.15) is 117 Å². The van der Waals surface area contributed by atoms with E-state index in [1.54, 1.807) is 42.5 Å². The van der Waals surface area contributed by atoms with Gasteiger partial charge in [-0.3, -0.25) is 23.7 Å². The maximum absolute atomic E-state index is 13.5. The Kier molecular flexibility index (Phi) is 24.9. The molecule has 0 unspecified atom stereocenters. The van der Waals surface area contributed by atoms with Gasteiger partial charge in [-0.05, 0) is 142 Å². The molecule has 2 aromatic heterocycles. The van der Waals surface area contributed by atoms with E-state index < -0.39 is 76.2 Å². The Hall–Kier alpha value is -6.61. The Morgan fingerprint density at radius 3 is 2.36 bits per heavy atom. The molecular weight excluding hydrogens is 1490 g/mol. The fraction of sp³-hybridized carbons (Fsp3) is 0.349. The summed E-state index contributed by atoms with van der Waals surface area (Å²) in [5, 5.41) is 16.1. The number of H-pyrrole nitrogens is 1. The predicted molar refractivity (Wildman–Crippen MR) is 340 cm³/mol. The van der Waals surface area contributed by atoms with Crippen molar-refractivity contribution < 1.29 is 117 Å². The summed E-state index contributed by atoms with van der Waals surface area (Å²) >= 11 is 0. The second-order valence-electron chi connectivity index (χ2n) is 23.2. The van der Waals surface area contributed by atoms with Crippen molar-refractivity contribution in [2.75, 3.05) is 40.5 Å². The molecule has 1 atom stereocenters. The molecule has 0 saturated carbocycles. The zero-order chi connectivity index (χ0) is 64.6. The molecule has 2 aliphatic heterocycles. The number of aliphatic carboxylic acids is 1. The van der Waals surface area contributed by atoms with Crippen LogP contribution in [0.3, 0.4) is 0 Å². The van der Waals surface area contributed by atoms with Gasteiger partial charge in [0.15, 0.2) is 16.9 Å². The SMILES string of the molecule is C=[14CH]/[13C](=[14CH]\[14CH]=[14CH]\OC1=C(/C=C/C2=[N+](CCCCS(=O)(=O)[O-])c3ccc(CS(=O)(=O)O)cc3C2(C)C)CCC/C1=C\C=C1\N(CCCCS(=O)(=O)O)c2ccc(C)cc2C1(C)C)[14CH2][14C@H](NC(=O)c1ccc(NCc2cnc3nc(N)[nH]c(=O)c3n2)cc1)[14C](=O)O.[W].[Y]. The number of nitrogen functional groups attached to an aromatic ring is 1. The van der Waals surface area contributed by atoms with Crippen molar-refractivity contribution in [2.24, 2.45) is 0 Å². The van der Waals surface area contributed by atoms with E-state index in [1.165, 1.54) is 30.7 Å². The Labute approximate surface area is 569 Å². The second kappa shape index (κ2) is 30.9. The number of benzene rings is 3. The summed E-state index contributed by atoms with van der Waals surface area (Å²) in [4.78, 5) is 55.5. The Bertz CT molecular complexity index is 4260. The minimum absolute atomic E-state index is 0. The molecule has 0 spiro atoms. The molecule has 1 radical (unpaired) electrons. The fourth-order valence-corrected chi connectivity index (χ4v) is 13.0. The number of amides is 1. The first-order chi connectivity index (χ1) is 41.9. The number of hydrogen-bond donors (Lipinski definition) is 7. The normalized spacial score (nSPS) is 16.9. The number of rotatable bonds is 27. The summed E-state index contributed by atoms with van der Waals surface area (Å²) in [6, 6.07) is 16.3. The van der Waals surface area contributed by atoms with Crippen molar-refractivity contribution in [3.63, 3.8) is 0 Å². The maximum Gasteiger partial charge on any atom is 0.326 e. The monoisotopic (exact) mass is 1560 g/mol. The van der Waals surface area contributed by atoms with Gasteiger partial charge in [0, 0.05) is 125 Å². The van der Waals surface area contributed by atoms with Gasteiger partial charge in [-0.15, -0.1) is 0 Å². The number of nitrogens with two attached hydrogens (primary N) is 1.